The number of ether oxygens (including phenoxy) is 4. The molecule has 45 nitrogen and oxygen atoms in total. The number of nitrogens with zero attached hydrogens (tertiary/aromatic N) is 9. The molecule has 0 radical (unpaired) electrons. The van der Waals surface area contributed by atoms with Crippen LogP contribution in [0.2, 0.25) is 0 Å². The maximum Gasteiger partial charge on any atom is 0.347 e. The molecular weight excluding hydrogens is 1350 g/mol. The molecule has 0 aliphatic carbocycles. The number of carboxylic acids is 3. The predicted octanol–water partition coefficient (Wildman–Crippen LogP) is -13.2. The zero-order valence-corrected chi connectivity index (χ0v) is 53.7. The lowest BCUT2D eigenvalue weighted by molar-refractivity contribution is -0.153. The number of amides is 2. The van der Waals surface area contributed by atoms with Crippen LogP contribution in [-0.2, 0) is 81.4 Å². The Hall–Kier alpha value is -7.65. The van der Waals surface area contributed by atoms with Gasteiger partial charge in [0.2, 0.25) is 38.2 Å². The molecule has 2 amide bonds. The Labute approximate surface area is 564 Å². The summed E-state index contributed by atoms with van der Waals surface area (Å²) in [6, 6.07) is 0. The van der Waals surface area contributed by atoms with Gasteiger partial charge in [-0.3, -0.25) is 38.7 Å². The molecule has 0 spiro atoms. The van der Waals surface area contributed by atoms with Crippen LogP contribution >= 0.6 is 0 Å². The zero-order chi connectivity index (χ0) is 74.8. The number of aliphatic carboxylic acids is 3. The smallest absolute Gasteiger partial charge is 0.347 e. The van der Waals surface area contributed by atoms with Crippen molar-refractivity contribution in [2.45, 2.75) is 98.9 Å². The van der Waals surface area contributed by atoms with Gasteiger partial charge in [0.1, 0.15) is 75.3 Å². The van der Waals surface area contributed by atoms with Crippen molar-refractivity contribution in [3.05, 3.63) is 0 Å². The number of rotatable bonds is 60. The van der Waals surface area contributed by atoms with E-state index in [2.05, 4.69) is 20.6 Å². The minimum Gasteiger partial charge on any atom is -0.480 e. The Kier molecular flexibility index (Phi) is 50.0. The van der Waals surface area contributed by atoms with E-state index < -0.39 is 291 Å². The topological polar surface area (TPSA) is 677 Å². The molecule has 45 heteroatoms. The number of oxime groups is 4. The summed E-state index contributed by atoms with van der Waals surface area (Å²) < 4.78 is 20.4. The van der Waals surface area contributed by atoms with E-state index in [1.54, 1.807) is 0 Å². The molecule has 0 unspecified atom stereocenters. The monoisotopic (exact) mass is 1440 g/mol. The molecule has 0 aromatic rings. The molecule has 99 heavy (non-hydrogen) atoms. The van der Waals surface area contributed by atoms with Gasteiger partial charge in [0.25, 0.3) is 0 Å². The second-order valence-corrected chi connectivity index (χ2v) is 20.9. The number of hydrogen-bond acceptors (Lipinski definition) is 40. The number of hydrogen-bond donors (Lipinski definition) is 19. The van der Waals surface area contributed by atoms with Crippen molar-refractivity contribution in [1.29, 1.82) is 0 Å². The van der Waals surface area contributed by atoms with Crippen LogP contribution in [0.15, 0.2) is 20.6 Å². The summed E-state index contributed by atoms with van der Waals surface area (Å²) >= 11 is 0. The summed E-state index contributed by atoms with van der Waals surface area (Å²) in [7, 11) is 0. The first-order valence-corrected chi connectivity index (χ1v) is 30.1. The molecule has 0 fully saturated rings. The molecule has 0 aromatic carbocycles. The number of esters is 4. The Morgan fingerprint density at radius 2 is 0.515 bits per heavy atom. The highest BCUT2D eigenvalue weighted by atomic mass is 16.7. The summed E-state index contributed by atoms with van der Waals surface area (Å²) in [5.74, 6) is -10.4. The minimum absolute atomic E-state index is 0.344. The van der Waals surface area contributed by atoms with E-state index in [1.807, 2.05) is 0 Å². The molecule has 0 saturated heterocycles. The maximum atomic E-state index is 13.9. The van der Waals surface area contributed by atoms with Gasteiger partial charge in [-0.2, -0.15) is 0 Å². The molecule has 0 aliphatic heterocycles. The molecule has 0 bridgehead atoms. The first kappa shape index (κ1) is 91.4. The number of carbonyl (C=O) groups excluding carboxylic acids is 6. The first-order valence-electron chi connectivity index (χ1n) is 30.1. The largest absolute Gasteiger partial charge is 0.480 e. The predicted molar refractivity (Wildman–Crippen MR) is 326 cm³/mol. The van der Waals surface area contributed by atoms with Crippen LogP contribution in [0.4, 0.5) is 0 Å². The van der Waals surface area contributed by atoms with Gasteiger partial charge >= 0.3 is 41.8 Å². The number of aliphatic hydroxyl groups excluding tert-OH is 16. The van der Waals surface area contributed by atoms with Crippen LogP contribution in [0, 0.1) is 0 Å². The summed E-state index contributed by atoms with van der Waals surface area (Å²) in [4.78, 5) is 138. The minimum atomic E-state index is -1.75. The van der Waals surface area contributed by atoms with Crippen molar-refractivity contribution in [3.8, 4) is 0 Å². The quantitative estimate of drug-likeness (QED) is 0.0116. The van der Waals surface area contributed by atoms with Crippen LogP contribution in [0.25, 0.3) is 0 Å². The van der Waals surface area contributed by atoms with Crippen LogP contribution in [0.3, 0.4) is 0 Å². The SMILES string of the molecule is O=C(O)CN(CCN(CC(=O)O)CC(=O)N(CCOC(=O)CO/N=C/C[C@@H](O)[C@@H](O)[C@H](O)CO)CCOC(=O)CO/N=C/C[C@@H](O)[C@@H](O)[C@H](O)CO)CCN(CC(=O)O)CC(=O)N(CCOC(=O)CO/N=C/C[C@@H](O)[C@@H](O)[C@H](O)CO)CCOC(=O)CO/N=C/C[C@@H](O)[C@@H](O)[C@H](O)CO. The van der Waals surface area contributed by atoms with Crippen LogP contribution in [0.5, 0.6) is 0 Å². The average Bonchev–Trinajstić information content (AvgIpc) is 1.21. The summed E-state index contributed by atoms with van der Waals surface area (Å²) in [5.41, 5.74) is 0. The Morgan fingerprint density at radius 1 is 0.303 bits per heavy atom. The van der Waals surface area contributed by atoms with E-state index in [0.29, 0.717) is 0 Å². The number of carbonyl (C=O) groups is 9. The molecule has 0 aliphatic rings. The summed E-state index contributed by atoms with van der Waals surface area (Å²) in [6.07, 6.45) is -17.8. The van der Waals surface area contributed by atoms with Crippen LogP contribution in [-0.4, -0.2) is 438 Å². The lowest BCUT2D eigenvalue weighted by atomic mass is 10.1. The third-order valence-electron chi connectivity index (χ3n) is 13.1. The van der Waals surface area contributed by atoms with Gasteiger partial charge in [-0.15, -0.1) is 0 Å². The molecule has 0 saturated carbocycles. The fraction of sp³-hybridized carbons (Fsp3) is 0.759. The van der Waals surface area contributed by atoms with Gasteiger partial charge in [0.05, 0.1) is 110 Å². The first-order chi connectivity index (χ1) is 46.9. The van der Waals surface area contributed by atoms with Gasteiger partial charge in [-0.05, 0) is 0 Å². The summed E-state index contributed by atoms with van der Waals surface area (Å²) in [6.45, 7) is -16.4. The van der Waals surface area contributed by atoms with E-state index in [1.165, 1.54) is 4.90 Å². The molecule has 570 valence electrons. The third-order valence-corrected chi connectivity index (χ3v) is 13.1. The lowest BCUT2D eigenvalue weighted by Crippen LogP contribution is -2.49. The second-order valence-electron chi connectivity index (χ2n) is 20.9. The maximum absolute atomic E-state index is 13.9. The third kappa shape index (κ3) is 44.2. The fourth-order valence-electron chi connectivity index (χ4n) is 7.58. The second kappa shape index (κ2) is 54.2. The van der Waals surface area contributed by atoms with E-state index in [9.17, 15) is 120 Å². The number of aliphatic hydroxyl groups is 16. The normalized spacial score (nSPS) is 15.5. The highest BCUT2D eigenvalue weighted by molar-refractivity contribution is 5.80. The zero-order valence-electron chi connectivity index (χ0n) is 53.7. The molecular formula is C54H93N9O36. The van der Waals surface area contributed by atoms with Crippen molar-refractivity contribution in [3.63, 3.8) is 0 Å². The standard InChI is InChI=1S/C54H93N9O36/c64-26-38(72)51(88)34(68)1-5-55-96-30-47(84)92-17-13-62(14-18-93-48(85)31-97-56-6-2-35(69)52(89)39(73)27-65)42(76)21-60(24-45(80)81)11-9-59(23-44(78)79)10-12-61(25-46(82)83)22-43(77)63(15-19-94-49(86)32-98-57-7-3-36(70)53(90)40(74)28-66)16-20-95-50(87)33-99-58-8-4-37(71)54(91)41(75)29-67/h5-8,34-41,51-54,64-75,88-91H,1-4,9-33H2,(H,78,79)(H,80,81)(H,82,83)/b55-5+,56-6+,57-7+,58-8+/t34-,35-,36-,37-,38-,39-,40-,41-,51-,52-,53-,54-/m1/s1. The summed E-state index contributed by atoms with van der Waals surface area (Å²) in [5, 5.41) is 195. The van der Waals surface area contributed by atoms with E-state index in [0.717, 1.165) is 44.5 Å². The average molecular weight is 1440 g/mol. The Balaban J connectivity index is 6.38. The highest BCUT2D eigenvalue weighted by Crippen LogP contribution is 2.08. The number of carboxylic acid groups (broad SMARTS) is 3. The van der Waals surface area contributed by atoms with Crippen LogP contribution < -0.4 is 0 Å². The Morgan fingerprint density at radius 3 is 0.727 bits per heavy atom. The van der Waals surface area contributed by atoms with Gasteiger partial charge in [0.15, 0.2) is 0 Å². The fourth-order valence-corrected chi connectivity index (χ4v) is 7.58. The van der Waals surface area contributed by atoms with Crippen molar-refractivity contribution in [2.24, 2.45) is 20.6 Å². The van der Waals surface area contributed by atoms with Crippen molar-refractivity contribution >= 4 is 78.5 Å². The van der Waals surface area contributed by atoms with Gasteiger partial charge in [0, 0.05) is 76.7 Å². The molecule has 0 aromatic heterocycles. The molecule has 19 N–H and O–H groups in total. The van der Waals surface area contributed by atoms with Gasteiger partial charge < -0.3 is 145 Å². The van der Waals surface area contributed by atoms with E-state index >= 15 is 0 Å². The lowest BCUT2D eigenvalue weighted by Gasteiger charge is -2.30. The molecule has 0 heterocycles. The van der Waals surface area contributed by atoms with Crippen LogP contribution in [0.1, 0.15) is 25.7 Å². The molecule has 12 atom stereocenters. The van der Waals surface area contributed by atoms with Gasteiger partial charge in [-0.1, -0.05) is 20.6 Å². The van der Waals surface area contributed by atoms with Gasteiger partial charge in [-0.25, -0.2) is 19.2 Å². The van der Waals surface area contributed by atoms with Crippen molar-refractivity contribution in [2.75, 3.05) is 164 Å². The van der Waals surface area contributed by atoms with E-state index in [4.69, 9.17) is 58.7 Å². The highest BCUT2D eigenvalue weighted by Gasteiger charge is 2.29. The Bertz CT molecular complexity index is 2190. The van der Waals surface area contributed by atoms with E-state index in [-0.39, 0.29) is 26.2 Å². The van der Waals surface area contributed by atoms with Crippen molar-refractivity contribution < 1.29 is 178 Å². The van der Waals surface area contributed by atoms with Crippen molar-refractivity contribution in [1.82, 2.24) is 24.5 Å². The molecule has 0 rings (SSSR count).